The molecule has 1 aromatic rings. The lowest BCUT2D eigenvalue weighted by Gasteiger charge is -2.17. The molecule has 0 spiro atoms. The van der Waals surface area contributed by atoms with Gasteiger partial charge in [-0.25, -0.2) is 0 Å². The van der Waals surface area contributed by atoms with Crippen molar-refractivity contribution < 1.29 is 22.6 Å². The maximum atomic E-state index is 12.1. The molecule has 0 bridgehead atoms. The molecule has 4 N–H and O–H groups in total. The molecule has 0 heterocycles. The van der Waals surface area contributed by atoms with Crippen LogP contribution in [-0.4, -0.2) is 20.0 Å². The summed E-state index contributed by atoms with van der Waals surface area (Å²) in [4.78, 5) is 0. The Labute approximate surface area is 103 Å². The second-order valence-corrected chi connectivity index (χ2v) is 3.64. The van der Waals surface area contributed by atoms with E-state index in [9.17, 15) is 13.2 Å². The second-order valence-electron chi connectivity index (χ2n) is 3.64. The van der Waals surface area contributed by atoms with E-state index >= 15 is 0 Å². The Balaban J connectivity index is 3.01. The summed E-state index contributed by atoms with van der Waals surface area (Å²) in [5.74, 6) is 0.0799. The van der Waals surface area contributed by atoms with Crippen molar-refractivity contribution in [3.8, 4) is 11.5 Å². The molecule has 1 atom stereocenters. The Hall–Kier alpha value is -1.47. The van der Waals surface area contributed by atoms with Gasteiger partial charge in [0.05, 0.1) is 7.11 Å². The van der Waals surface area contributed by atoms with Gasteiger partial charge in [-0.05, 0) is 31.2 Å². The molecule has 0 saturated heterocycles. The van der Waals surface area contributed by atoms with Gasteiger partial charge in [0.25, 0.3) is 0 Å². The maximum absolute atomic E-state index is 12.1. The molecule has 0 radical (unpaired) electrons. The van der Waals surface area contributed by atoms with Crippen molar-refractivity contribution in [2.75, 3.05) is 13.7 Å². The van der Waals surface area contributed by atoms with E-state index in [0.29, 0.717) is 24.3 Å². The standard InChI is InChI=1S/C11H15F3N2O2/c1-17-10-3-2-7(18-11(12,13)14)6-8(10)9(16)4-5-15/h2-3,6,9H,4-5,15-16H2,1H3/t9-/m0/s1. The minimum atomic E-state index is -4.73. The van der Waals surface area contributed by atoms with Gasteiger partial charge in [-0.1, -0.05) is 0 Å². The fourth-order valence-electron chi connectivity index (χ4n) is 1.53. The van der Waals surface area contributed by atoms with Crippen LogP contribution in [0.15, 0.2) is 18.2 Å². The minimum absolute atomic E-state index is 0.328. The highest BCUT2D eigenvalue weighted by molar-refractivity contribution is 5.42. The third-order valence-electron chi connectivity index (χ3n) is 2.31. The molecular formula is C11H15F3N2O2. The first kappa shape index (κ1) is 14.6. The fraction of sp³-hybridized carbons (Fsp3) is 0.455. The van der Waals surface area contributed by atoms with Crippen molar-refractivity contribution in [1.82, 2.24) is 0 Å². The molecule has 1 aromatic carbocycles. The molecule has 102 valence electrons. The summed E-state index contributed by atoms with van der Waals surface area (Å²) >= 11 is 0. The number of halogens is 3. The molecule has 0 fully saturated rings. The van der Waals surface area contributed by atoms with Crippen LogP contribution >= 0.6 is 0 Å². The Morgan fingerprint density at radius 1 is 1.33 bits per heavy atom. The van der Waals surface area contributed by atoms with E-state index in [0.717, 1.165) is 0 Å². The first-order valence-electron chi connectivity index (χ1n) is 5.26. The Bertz CT molecular complexity index is 396. The minimum Gasteiger partial charge on any atom is -0.496 e. The van der Waals surface area contributed by atoms with Crippen LogP contribution in [-0.2, 0) is 0 Å². The van der Waals surface area contributed by atoms with Crippen LogP contribution in [0.3, 0.4) is 0 Å². The molecule has 7 heteroatoms. The van der Waals surface area contributed by atoms with Gasteiger partial charge in [-0.3, -0.25) is 0 Å². The fourth-order valence-corrected chi connectivity index (χ4v) is 1.53. The van der Waals surface area contributed by atoms with Gasteiger partial charge >= 0.3 is 6.36 Å². The first-order chi connectivity index (χ1) is 8.37. The molecule has 4 nitrogen and oxygen atoms in total. The molecule has 0 aliphatic carbocycles. The predicted molar refractivity (Wildman–Crippen MR) is 60.3 cm³/mol. The largest absolute Gasteiger partial charge is 0.573 e. The van der Waals surface area contributed by atoms with Crippen molar-refractivity contribution in [2.24, 2.45) is 11.5 Å². The number of nitrogens with two attached hydrogens (primary N) is 2. The van der Waals surface area contributed by atoms with Gasteiger partial charge in [0, 0.05) is 11.6 Å². The number of ether oxygens (including phenoxy) is 2. The summed E-state index contributed by atoms with van der Waals surface area (Å²) in [5.41, 5.74) is 11.6. The SMILES string of the molecule is COc1ccc(OC(F)(F)F)cc1[C@@H](N)CCN. The number of hydrogen-bond donors (Lipinski definition) is 2. The monoisotopic (exact) mass is 264 g/mol. The highest BCUT2D eigenvalue weighted by Crippen LogP contribution is 2.32. The van der Waals surface area contributed by atoms with Crippen molar-refractivity contribution in [2.45, 2.75) is 18.8 Å². The van der Waals surface area contributed by atoms with E-state index in [1.165, 1.54) is 25.3 Å². The van der Waals surface area contributed by atoms with Crippen molar-refractivity contribution >= 4 is 0 Å². The molecular weight excluding hydrogens is 249 g/mol. The van der Waals surface area contributed by atoms with E-state index in [2.05, 4.69) is 4.74 Å². The average molecular weight is 264 g/mol. The number of benzene rings is 1. The van der Waals surface area contributed by atoms with E-state index in [-0.39, 0.29) is 5.75 Å². The van der Waals surface area contributed by atoms with E-state index in [4.69, 9.17) is 16.2 Å². The van der Waals surface area contributed by atoms with Gasteiger partial charge < -0.3 is 20.9 Å². The van der Waals surface area contributed by atoms with Crippen LogP contribution in [0, 0.1) is 0 Å². The molecule has 18 heavy (non-hydrogen) atoms. The van der Waals surface area contributed by atoms with Gasteiger partial charge in [0.15, 0.2) is 0 Å². The van der Waals surface area contributed by atoms with E-state index in [1.807, 2.05) is 0 Å². The molecule has 0 unspecified atom stereocenters. The van der Waals surface area contributed by atoms with Crippen LogP contribution in [0.5, 0.6) is 11.5 Å². The van der Waals surface area contributed by atoms with Crippen molar-refractivity contribution in [1.29, 1.82) is 0 Å². The quantitative estimate of drug-likeness (QED) is 0.852. The zero-order valence-electron chi connectivity index (χ0n) is 9.83. The van der Waals surface area contributed by atoms with Gasteiger partial charge in [-0.15, -0.1) is 13.2 Å². The number of alkyl halides is 3. The van der Waals surface area contributed by atoms with Gasteiger partial charge in [-0.2, -0.15) is 0 Å². The molecule has 1 rings (SSSR count). The van der Waals surface area contributed by atoms with Crippen LogP contribution in [0.2, 0.25) is 0 Å². The smallest absolute Gasteiger partial charge is 0.496 e. The summed E-state index contributed by atoms with van der Waals surface area (Å²) in [6.45, 7) is 0.328. The Morgan fingerprint density at radius 3 is 2.50 bits per heavy atom. The zero-order valence-corrected chi connectivity index (χ0v) is 9.83. The molecule has 0 aromatic heterocycles. The number of hydrogen-bond acceptors (Lipinski definition) is 4. The summed E-state index contributed by atoms with van der Waals surface area (Å²) in [7, 11) is 1.41. The second kappa shape index (κ2) is 5.92. The summed E-state index contributed by atoms with van der Waals surface area (Å²) in [6.07, 6.45) is -4.30. The number of methoxy groups -OCH3 is 1. The third-order valence-corrected chi connectivity index (χ3v) is 2.31. The molecule has 0 amide bonds. The highest BCUT2D eigenvalue weighted by atomic mass is 19.4. The highest BCUT2D eigenvalue weighted by Gasteiger charge is 2.31. The Morgan fingerprint density at radius 2 is 2.00 bits per heavy atom. The lowest BCUT2D eigenvalue weighted by Crippen LogP contribution is -2.19. The van der Waals surface area contributed by atoms with Crippen molar-refractivity contribution in [3.63, 3.8) is 0 Å². The molecule has 0 aliphatic heterocycles. The van der Waals surface area contributed by atoms with Crippen molar-refractivity contribution in [3.05, 3.63) is 23.8 Å². The lowest BCUT2D eigenvalue weighted by atomic mass is 10.0. The average Bonchev–Trinajstić information content (AvgIpc) is 2.27. The van der Waals surface area contributed by atoms with Crippen LogP contribution < -0.4 is 20.9 Å². The summed E-state index contributed by atoms with van der Waals surface area (Å²) in [6, 6.07) is 3.27. The summed E-state index contributed by atoms with van der Waals surface area (Å²) in [5, 5.41) is 0. The third kappa shape index (κ3) is 4.08. The van der Waals surface area contributed by atoms with Crippen LogP contribution in [0.4, 0.5) is 13.2 Å². The normalized spacial score (nSPS) is 13.2. The first-order valence-corrected chi connectivity index (χ1v) is 5.26. The predicted octanol–water partition coefficient (Wildman–Crippen LogP) is 1.94. The van der Waals surface area contributed by atoms with Gasteiger partial charge in [0.2, 0.25) is 0 Å². The summed E-state index contributed by atoms with van der Waals surface area (Å²) < 4.78 is 45.2. The zero-order chi connectivity index (χ0) is 13.8. The van der Waals surface area contributed by atoms with Crippen LogP contribution in [0.1, 0.15) is 18.0 Å². The lowest BCUT2D eigenvalue weighted by molar-refractivity contribution is -0.274. The van der Waals surface area contributed by atoms with Crippen LogP contribution in [0.25, 0.3) is 0 Å². The maximum Gasteiger partial charge on any atom is 0.573 e. The Kier molecular flexibility index (Phi) is 4.80. The molecule has 0 aliphatic rings. The topological polar surface area (TPSA) is 70.5 Å². The van der Waals surface area contributed by atoms with E-state index < -0.39 is 12.4 Å². The number of rotatable bonds is 5. The van der Waals surface area contributed by atoms with Gasteiger partial charge in [0.1, 0.15) is 11.5 Å². The van der Waals surface area contributed by atoms with E-state index in [1.54, 1.807) is 0 Å². The molecule has 0 saturated carbocycles.